The molecule has 1 N–H and O–H groups in total. The third kappa shape index (κ3) is 2.95. The Bertz CT molecular complexity index is 341. The first kappa shape index (κ1) is 14.0. The van der Waals surface area contributed by atoms with Gasteiger partial charge in [-0.15, -0.1) is 11.3 Å². The number of aliphatic hydroxyl groups is 1. The van der Waals surface area contributed by atoms with Crippen LogP contribution >= 0.6 is 11.3 Å². The second-order valence-corrected chi connectivity index (χ2v) is 6.72. The van der Waals surface area contributed by atoms with E-state index in [0.29, 0.717) is 0 Å². The van der Waals surface area contributed by atoms with Gasteiger partial charge in [0.1, 0.15) is 0 Å². The summed E-state index contributed by atoms with van der Waals surface area (Å²) >= 11 is 1.79. The first-order valence-electron chi connectivity index (χ1n) is 7.03. The SMILES string of the molecule is CN(C)C1(C(O)CCc2cccs2)CCCCC1. The summed E-state index contributed by atoms with van der Waals surface area (Å²) in [5.74, 6) is 0. The second-order valence-electron chi connectivity index (χ2n) is 5.69. The van der Waals surface area contributed by atoms with Crippen molar-refractivity contribution >= 4 is 11.3 Å². The lowest BCUT2D eigenvalue weighted by atomic mass is 9.75. The van der Waals surface area contributed by atoms with Crippen LogP contribution in [0.15, 0.2) is 17.5 Å². The van der Waals surface area contributed by atoms with E-state index in [2.05, 4.69) is 36.5 Å². The summed E-state index contributed by atoms with van der Waals surface area (Å²) in [6, 6.07) is 4.26. The summed E-state index contributed by atoms with van der Waals surface area (Å²) in [4.78, 5) is 3.66. The van der Waals surface area contributed by atoms with Crippen molar-refractivity contribution in [3.63, 3.8) is 0 Å². The second kappa shape index (κ2) is 6.18. The van der Waals surface area contributed by atoms with Crippen molar-refractivity contribution in [1.82, 2.24) is 4.90 Å². The van der Waals surface area contributed by atoms with Gasteiger partial charge in [-0.1, -0.05) is 25.3 Å². The van der Waals surface area contributed by atoms with Gasteiger partial charge < -0.3 is 10.0 Å². The van der Waals surface area contributed by atoms with Crippen LogP contribution in [0.2, 0.25) is 0 Å². The highest BCUT2D eigenvalue weighted by molar-refractivity contribution is 7.09. The minimum atomic E-state index is -0.199. The van der Waals surface area contributed by atoms with Gasteiger partial charge in [-0.05, 0) is 51.2 Å². The molecular formula is C15H25NOS. The van der Waals surface area contributed by atoms with Crippen molar-refractivity contribution in [1.29, 1.82) is 0 Å². The molecule has 0 radical (unpaired) electrons. The molecule has 1 aliphatic rings. The van der Waals surface area contributed by atoms with Gasteiger partial charge in [0.15, 0.2) is 0 Å². The minimum Gasteiger partial charge on any atom is -0.391 e. The highest BCUT2D eigenvalue weighted by Gasteiger charge is 2.40. The van der Waals surface area contributed by atoms with E-state index in [-0.39, 0.29) is 11.6 Å². The minimum absolute atomic E-state index is 0.0233. The first-order valence-corrected chi connectivity index (χ1v) is 7.91. The molecule has 3 heteroatoms. The van der Waals surface area contributed by atoms with Gasteiger partial charge in [-0.25, -0.2) is 0 Å². The number of likely N-dealkylation sites (N-methyl/N-ethyl adjacent to an activating group) is 1. The van der Waals surface area contributed by atoms with Crippen molar-refractivity contribution in [2.75, 3.05) is 14.1 Å². The Morgan fingerprint density at radius 1 is 1.33 bits per heavy atom. The number of rotatable bonds is 5. The molecule has 0 amide bonds. The number of nitrogens with zero attached hydrogens (tertiary/aromatic N) is 1. The van der Waals surface area contributed by atoms with Gasteiger partial charge in [-0.3, -0.25) is 0 Å². The van der Waals surface area contributed by atoms with Crippen molar-refractivity contribution in [3.8, 4) is 0 Å². The topological polar surface area (TPSA) is 23.5 Å². The molecule has 18 heavy (non-hydrogen) atoms. The van der Waals surface area contributed by atoms with E-state index in [0.717, 1.165) is 25.7 Å². The molecule has 0 spiro atoms. The summed E-state index contributed by atoms with van der Waals surface area (Å²) in [6.45, 7) is 0. The summed E-state index contributed by atoms with van der Waals surface area (Å²) < 4.78 is 0. The van der Waals surface area contributed by atoms with Crippen molar-refractivity contribution in [2.45, 2.75) is 56.6 Å². The fraction of sp³-hybridized carbons (Fsp3) is 0.733. The molecule has 1 saturated carbocycles. The Hall–Kier alpha value is -0.380. The molecule has 0 aliphatic heterocycles. The molecule has 1 atom stereocenters. The molecule has 2 nitrogen and oxygen atoms in total. The maximum atomic E-state index is 10.7. The fourth-order valence-corrected chi connectivity index (χ4v) is 3.97. The molecule has 1 aromatic rings. The first-order chi connectivity index (χ1) is 8.65. The largest absolute Gasteiger partial charge is 0.391 e. The molecule has 1 aliphatic carbocycles. The van der Waals surface area contributed by atoms with Crippen LogP contribution in [0.5, 0.6) is 0 Å². The average Bonchev–Trinajstić information content (AvgIpc) is 2.89. The zero-order chi connectivity index (χ0) is 13.0. The quantitative estimate of drug-likeness (QED) is 0.885. The highest BCUT2D eigenvalue weighted by Crippen LogP contribution is 2.36. The third-order valence-corrected chi connectivity index (χ3v) is 5.41. The van der Waals surface area contributed by atoms with Crippen molar-refractivity contribution < 1.29 is 5.11 Å². The van der Waals surface area contributed by atoms with E-state index >= 15 is 0 Å². The van der Waals surface area contributed by atoms with Crippen LogP contribution in [0, 0.1) is 0 Å². The van der Waals surface area contributed by atoms with Gasteiger partial charge >= 0.3 is 0 Å². The molecule has 1 heterocycles. The van der Waals surface area contributed by atoms with Crippen LogP contribution in [0.1, 0.15) is 43.4 Å². The maximum Gasteiger partial charge on any atom is 0.0727 e. The predicted octanol–water partition coefficient (Wildman–Crippen LogP) is 3.31. The molecule has 2 rings (SSSR count). The number of aryl methyl sites for hydroxylation is 1. The zero-order valence-corrected chi connectivity index (χ0v) is 12.4. The number of aliphatic hydroxyl groups excluding tert-OH is 1. The lowest BCUT2D eigenvalue weighted by Crippen LogP contribution is -2.54. The van der Waals surface area contributed by atoms with Crippen LogP contribution in [-0.4, -0.2) is 35.7 Å². The summed E-state index contributed by atoms with van der Waals surface area (Å²) in [5.41, 5.74) is 0.0233. The van der Waals surface area contributed by atoms with Crippen molar-refractivity contribution in [3.05, 3.63) is 22.4 Å². The normalized spacial score (nSPS) is 21.1. The van der Waals surface area contributed by atoms with Crippen LogP contribution in [0.4, 0.5) is 0 Å². The smallest absolute Gasteiger partial charge is 0.0727 e. The Labute approximate surface area is 115 Å². The summed E-state index contributed by atoms with van der Waals surface area (Å²) in [5, 5.41) is 12.8. The van der Waals surface area contributed by atoms with Gasteiger partial charge in [0, 0.05) is 10.4 Å². The van der Waals surface area contributed by atoms with Gasteiger partial charge in [-0.2, -0.15) is 0 Å². The van der Waals surface area contributed by atoms with E-state index < -0.39 is 0 Å². The lowest BCUT2D eigenvalue weighted by molar-refractivity contribution is -0.0352. The van der Waals surface area contributed by atoms with Gasteiger partial charge in [0.25, 0.3) is 0 Å². The zero-order valence-electron chi connectivity index (χ0n) is 11.6. The summed E-state index contributed by atoms with van der Waals surface area (Å²) in [6.07, 6.45) is 7.83. The van der Waals surface area contributed by atoms with E-state index in [1.165, 1.54) is 24.1 Å². The fourth-order valence-electron chi connectivity index (χ4n) is 3.24. The van der Waals surface area contributed by atoms with E-state index in [9.17, 15) is 5.11 Å². The predicted molar refractivity (Wildman–Crippen MR) is 78.1 cm³/mol. The van der Waals surface area contributed by atoms with Crippen molar-refractivity contribution in [2.24, 2.45) is 0 Å². The molecule has 0 bridgehead atoms. The van der Waals surface area contributed by atoms with E-state index in [1.54, 1.807) is 11.3 Å². The van der Waals surface area contributed by atoms with Crippen LogP contribution in [-0.2, 0) is 6.42 Å². The van der Waals surface area contributed by atoms with Crippen LogP contribution < -0.4 is 0 Å². The molecule has 0 aromatic carbocycles. The lowest BCUT2D eigenvalue weighted by Gasteiger charge is -2.46. The molecule has 1 aromatic heterocycles. The highest BCUT2D eigenvalue weighted by atomic mass is 32.1. The maximum absolute atomic E-state index is 10.7. The van der Waals surface area contributed by atoms with Gasteiger partial charge in [0.05, 0.1) is 6.10 Å². The monoisotopic (exact) mass is 267 g/mol. The molecule has 1 unspecified atom stereocenters. The molecule has 0 saturated heterocycles. The van der Waals surface area contributed by atoms with Gasteiger partial charge in [0.2, 0.25) is 0 Å². The standard InChI is InChI=1S/C15H25NOS/c1-16(2)15(10-4-3-5-11-15)14(17)9-8-13-7-6-12-18-13/h6-7,12,14,17H,3-5,8-11H2,1-2H3. The van der Waals surface area contributed by atoms with E-state index in [1.807, 2.05) is 0 Å². The molecule has 102 valence electrons. The summed E-state index contributed by atoms with van der Waals surface area (Å²) in [7, 11) is 4.25. The molecular weight excluding hydrogens is 242 g/mol. The number of thiophene rings is 1. The Balaban J connectivity index is 1.97. The van der Waals surface area contributed by atoms with E-state index in [4.69, 9.17) is 0 Å². The third-order valence-electron chi connectivity index (χ3n) is 4.47. The number of hydrogen-bond donors (Lipinski definition) is 1. The Morgan fingerprint density at radius 2 is 2.06 bits per heavy atom. The Kier molecular flexibility index (Phi) is 4.82. The number of hydrogen-bond acceptors (Lipinski definition) is 3. The van der Waals surface area contributed by atoms with Crippen LogP contribution in [0.3, 0.4) is 0 Å². The Morgan fingerprint density at radius 3 is 2.61 bits per heavy atom. The average molecular weight is 267 g/mol. The van der Waals surface area contributed by atoms with Crippen LogP contribution in [0.25, 0.3) is 0 Å². The molecule has 1 fully saturated rings.